The highest BCUT2D eigenvalue weighted by molar-refractivity contribution is 6.30. The molecule has 2 aromatic rings. The molecule has 0 aromatic heterocycles. The molecule has 0 amide bonds. The molecule has 0 saturated carbocycles. The number of halogens is 1. The van der Waals surface area contributed by atoms with Crippen molar-refractivity contribution in [3.8, 4) is 0 Å². The Labute approximate surface area is 150 Å². The molecule has 0 aliphatic carbocycles. The molecule has 3 rings (SSSR count). The monoisotopic (exact) mass is 343 g/mol. The van der Waals surface area contributed by atoms with Crippen LogP contribution in [0.25, 0.3) is 0 Å². The fourth-order valence-electron chi connectivity index (χ4n) is 3.57. The largest absolute Gasteiger partial charge is 0.385 e. The number of nitrogens with zero attached hydrogens (tertiary/aromatic N) is 1. The minimum absolute atomic E-state index is 0.613. The Morgan fingerprint density at radius 3 is 2.42 bits per heavy atom. The Balaban J connectivity index is 1.79. The molecule has 1 atom stereocenters. The van der Waals surface area contributed by atoms with Crippen molar-refractivity contribution >= 4 is 11.6 Å². The molecule has 2 aromatic carbocycles. The third-order valence-corrected chi connectivity index (χ3v) is 5.23. The van der Waals surface area contributed by atoms with Crippen molar-refractivity contribution in [1.29, 1.82) is 0 Å². The maximum Gasteiger partial charge on any atom is 0.0949 e. The SMILES string of the molecule is O[C@@](CCN1CCCCC1)(Cc1ccccc1)c1cccc(Cl)c1. The Bertz CT molecular complexity index is 639. The predicted octanol–water partition coefficient (Wildman–Crippen LogP) is 4.65. The molecule has 0 spiro atoms. The van der Waals surface area contributed by atoms with Crippen molar-refractivity contribution in [3.05, 3.63) is 70.7 Å². The molecule has 1 saturated heterocycles. The zero-order valence-electron chi connectivity index (χ0n) is 14.1. The van der Waals surface area contributed by atoms with Gasteiger partial charge in [-0.2, -0.15) is 0 Å². The summed E-state index contributed by atoms with van der Waals surface area (Å²) in [7, 11) is 0. The minimum atomic E-state index is -0.885. The van der Waals surface area contributed by atoms with E-state index < -0.39 is 5.60 Å². The van der Waals surface area contributed by atoms with Gasteiger partial charge in [0.15, 0.2) is 0 Å². The van der Waals surface area contributed by atoms with Crippen LogP contribution in [0.3, 0.4) is 0 Å². The van der Waals surface area contributed by atoms with Gasteiger partial charge < -0.3 is 10.0 Å². The fourth-order valence-corrected chi connectivity index (χ4v) is 3.76. The molecule has 1 heterocycles. The summed E-state index contributed by atoms with van der Waals surface area (Å²) in [5.41, 5.74) is 1.18. The topological polar surface area (TPSA) is 23.5 Å². The van der Waals surface area contributed by atoms with Crippen LogP contribution in [-0.4, -0.2) is 29.6 Å². The molecular weight excluding hydrogens is 318 g/mol. The van der Waals surface area contributed by atoms with Gasteiger partial charge in [0.2, 0.25) is 0 Å². The number of hydrogen-bond donors (Lipinski definition) is 1. The van der Waals surface area contributed by atoms with Crippen molar-refractivity contribution in [3.63, 3.8) is 0 Å². The van der Waals surface area contributed by atoms with Crippen molar-refractivity contribution in [1.82, 2.24) is 4.90 Å². The van der Waals surface area contributed by atoms with Gasteiger partial charge in [0.25, 0.3) is 0 Å². The smallest absolute Gasteiger partial charge is 0.0949 e. The normalized spacial score (nSPS) is 18.2. The molecule has 1 fully saturated rings. The molecule has 0 radical (unpaired) electrons. The van der Waals surface area contributed by atoms with Crippen molar-refractivity contribution < 1.29 is 5.11 Å². The van der Waals surface area contributed by atoms with Crippen LogP contribution in [0.2, 0.25) is 5.02 Å². The van der Waals surface area contributed by atoms with Crippen molar-refractivity contribution in [2.75, 3.05) is 19.6 Å². The summed E-state index contributed by atoms with van der Waals surface area (Å²) in [4.78, 5) is 2.48. The van der Waals surface area contributed by atoms with Gasteiger partial charge in [-0.3, -0.25) is 0 Å². The molecule has 1 aliphatic heterocycles. The Hall–Kier alpha value is -1.35. The summed E-state index contributed by atoms with van der Waals surface area (Å²) in [6.45, 7) is 3.23. The van der Waals surface area contributed by atoms with Crippen LogP contribution in [-0.2, 0) is 12.0 Å². The molecule has 1 N–H and O–H groups in total. The number of likely N-dealkylation sites (tertiary alicyclic amines) is 1. The first kappa shape index (κ1) is 17.5. The summed E-state index contributed by atoms with van der Waals surface area (Å²) in [5, 5.41) is 12.2. The average Bonchev–Trinajstić information content (AvgIpc) is 2.62. The Morgan fingerprint density at radius 1 is 0.958 bits per heavy atom. The molecule has 128 valence electrons. The second-order valence-electron chi connectivity index (χ2n) is 6.86. The van der Waals surface area contributed by atoms with Gasteiger partial charge >= 0.3 is 0 Å². The van der Waals surface area contributed by atoms with Crippen LogP contribution in [0, 0.1) is 0 Å². The molecule has 0 unspecified atom stereocenters. The number of benzene rings is 2. The van der Waals surface area contributed by atoms with E-state index >= 15 is 0 Å². The Morgan fingerprint density at radius 2 is 1.71 bits per heavy atom. The van der Waals surface area contributed by atoms with E-state index in [2.05, 4.69) is 17.0 Å². The summed E-state index contributed by atoms with van der Waals surface area (Å²) in [6, 6.07) is 17.9. The van der Waals surface area contributed by atoms with E-state index in [4.69, 9.17) is 11.6 Å². The predicted molar refractivity (Wildman–Crippen MR) is 100 cm³/mol. The summed E-state index contributed by atoms with van der Waals surface area (Å²) in [6.07, 6.45) is 5.21. The fraction of sp³-hybridized carbons (Fsp3) is 0.429. The van der Waals surface area contributed by atoms with Crippen LogP contribution in [0.1, 0.15) is 36.8 Å². The molecular formula is C21H26ClNO. The van der Waals surface area contributed by atoms with Crippen molar-refractivity contribution in [2.45, 2.75) is 37.7 Å². The first-order chi connectivity index (χ1) is 11.7. The lowest BCUT2D eigenvalue weighted by atomic mass is 9.84. The summed E-state index contributed by atoms with van der Waals surface area (Å²) >= 11 is 6.18. The molecule has 0 bridgehead atoms. The molecule has 2 nitrogen and oxygen atoms in total. The lowest BCUT2D eigenvalue weighted by Gasteiger charge is -2.33. The molecule has 24 heavy (non-hydrogen) atoms. The zero-order valence-corrected chi connectivity index (χ0v) is 14.9. The lowest BCUT2D eigenvalue weighted by Crippen LogP contribution is -2.37. The summed E-state index contributed by atoms with van der Waals surface area (Å²) in [5.74, 6) is 0. The number of piperidine rings is 1. The van der Waals surface area contributed by atoms with Gasteiger partial charge in [0, 0.05) is 18.0 Å². The van der Waals surface area contributed by atoms with Gasteiger partial charge in [-0.1, -0.05) is 60.5 Å². The lowest BCUT2D eigenvalue weighted by molar-refractivity contribution is 0.0155. The van der Waals surface area contributed by atoms with E-state index in [-0.39, 0.29) is 0 Å². The molecule has 3 heteroatoms. The highest BCUT2D eigenvalue weighted by Crippen LogP contribution is 2.31. The highest BCUT2D eigenvalue weighted by Gasteiger charge is 2.30. The van der Waals surface area contributed by atoms with Gasteiger partial charge in [-0.05, 0) is 55.6 Å². The van der Waals surface area contributed by atoms with Crippen LogP contribution in [0.5, 0.6) is 0 Å². The first-order valence-electron chi connectivity index (χ1n) is 8.90. The van der Waals surface area contributed by atoms with Gasteiger partial charge in [0.05, 0.1) is 5.60 Å². The highest BCUT2D eigenvalue weighted by atomic mass is 35.5. The van der Waals surface area contributed by atoms with E-state index in [1.54, 1.807) is 0 Å². The average molecular weight is 344 g/mol. The van der Waals surface area contributed by atoms with Crippen LogP contribution < -0.4 is 0 Å². The second kappa shape index (κ2) is 8.15. The number of aliphatic hydroxyl groups is 1. The maximum absolute atomic E-state index is 11.5. The summed E-state index contributed by atoms with van der Waals surface area (Å²) < 4.78 is 0. The second-order valence-corrected chi connectivity index (χ2v) is 7.29. The van der Waals surface area contributed by atoms with E-state index in [9.17, 15) is 5.11 Å². The van der Waals surface area contributed by atoms with Crippen LogP contribution in [0.15, 0.2) is 54.6 Å². The van der Waals surface area contributed by atoms with E-state index in [1.165, 1.54) is 19.3 Å². The standard InChI is InChI=1S/C21H26ClNO/c22-20-11-7-10-19(16-20)21(24,17-18-8-3-1-4-9-18)12-15-23-13-5-2-6-14-23/h1,3-4,7-11,16,24H,2,5-6,12-15,17H2/t21-/m0/s1. The van der Waals surface area contributed by atoms with Crippen LogP contribution >= 0.6 is 11.6 Å². The third-order valence-electron chi connectivity index (χ3n) is 4.99. The maximum atomic E-state index is 11.5. The van der Waals surface area contributed by atoms with E-state index in [1.807, 2.05) is 42.5 Å². The van der Waals surface area contributed by atoms with Crippen molar-refractivity contribution in [2.24, 2.45) is 0 Å². The quantitative estimate of drug-likeness (QED) is 0.825. The van der Waals surface area contributed by atoms with Gasteiger partial charge in [-0.25, -0.2) is 0 Å². The minimum Gasteiger partial charge on any atom is -0.385 e. The number of rotatable bonds is 6. The Kier molecular flexibility index (Phi) is 5.94. The van der Waals surface area contributed by atoms with E-state index in [0.29, 0.717) is 11.4 Å². The number of hydrogen-bond acceptors (Lipinski definition) is 2. The molecule has 1 aliphatic rings. The zero-order chi connectivity index (χ0) is 16.8. The first-order valence-corrected chi connectivity index (χ1v) is 9.28. The van der Waals surface area contributed by atoms with Gasteiger partial charge in [-0.15, -0.1) is 0 Å². The van der Waals surface area contributed by atoms with Gasteiger partial charge in [0.1, 0.15) is 0 Å². The van der Waals surface area contributed by atoms with Crippen LogP contribution in [0.4, 0.5) is 0 Å². The third kappa shape index (κ3) is 4.60. The van der Waals surface area contributed by atoms with E-state index in [0.717, 1.165) is 37.2 Å².